The van der Waals surface area contributed by atoms with Crippen LogP contribution < -0.4 is 0 Å². The Morgan fingerprint density at radius 3 is 1.92 bits per heavy atom. The van der Waals surface area contributed by atoms with E-state index < -0.39 is 0 Å². The molecule has 0 saturated heterocycles. The molecule has 2 unspecified atom stereocenters. The van der Waals surface area contributed by atoms with Crippen molar-refractivity contribution in [3.63, 3.8) is 0 Å². The molecular weight excluding hydrogens is 148 g/mol. The molecule has 1 heteroatoms. The lowest BCUT2D eigenvalue weighted by atomic mass is 9.65. The average Bonchev–Trinajstić information content (AvgIpc) is 2.10. The van der Waals surface area contributed by atoms with Crippen LogP contribution in [0, 0.1) is 16.2 Å². The topological polar surface area (TPSA) is 17.1 Å². The first-order valence-electron chi connectivity index (χ1n) is 4.83. The molecule has 0 aromatic rings. The third kappa shape index (κ3) is 0.725. The molecule has 2 aliphatic rings. The van der Waals surface area contributed by atoms with Gasteiger partial charge in [-0.2, -0.15) is 0 Å². The molecule has 0 N–H and O–H groups in total. The van der Waals surface area contributed by atoms with Crippen molar-refractivity contribution in [3.8, 4) is 0 Å². The predicted molar refractivity (Wildman–Crippen MR) is 48.9 cm³/mol. The molecule has 0 heterocycles. The number of carbonyl (C=O) groups is 1. The first kappa shape index (κ1) is 8.28. The highest BCUT2D eigenvalue weighted by atomic mass is 16.1. The van der Waals surface area contributed by atoms with Crippen molar-refractivity contribution >= 4 is 5.78 Å². The Balaban J connectivity index is 2.44. The van der Waals surface area contributed by atoms with Gasteiger partial charge in [0.25, 0.3) is 0 Å². The lowest BCUT2D eigenvalue weighted by Gasteiger charge is -2.39. The predicted octanol–water partition coefficient (Wildman–Crippen LogP) is 2.79. The highest BCUT2D eigenvalue weighted by Gasteiger charge is 2.63. The van der Waals surface area contributed by atoms with Crippen LogP contribution in [0.15, 0.2) is 0 Å². The van der Waals surface area contributed by atoms with Gasteiger partial charge in [0.2, 0.25) is 0 Å². The molecule has 68 valence electrons. The van der Waals surface area contributed by atoms with Crippen molar-refractivity contribution in [1.82, 2.24) is 0 Å². The first-order valence-corrected chi connectivity index (χ1v) is 4.83. The van der Waals surface area contributed by atoms with Crippen LogP contribution in [-0.2, 0) is 4.79 Å². The van der Waals surface area contributed by atoms with Crippen LogP contribution in [0.1, 0.15) is 47.0 Å². The quantitative estimate of drug-likeness (QED) is 0.541. The SMILES string of the molecule is CC12CC(C)(C)C(C)(CC1=O)C2. The highest BCUT2D eigenvalue weighted by Crippen LogP contribution is 2.67. The molecule has 2 fully saturated rings. The van der Waals surface area contributed by atoms with Gasteiger partial charge in [-0.25, -0.2) is 0 Å². The molecule has 2 atom stereocenters. The van der Waals surface area contributed by atoms with E-state index in [0.717, 1.165) is 19.3 Å². The van der Waals surface area contributed by atoms with Gasteiger partial charge in [0.15, 0.2) is 0 Å². The van der Waals surface area contributed by atoms with Crippen molar-refractivity contribution in [3.05, 3.63) is 0 Å². The number of carbonyl (C=O) groups excluding carboxylic acids is 1. The molecule has 2 aliphatic carbocycles. The molecule has 0 aromatic heterocycles. The Labute approximate surface area is 74.5 Å². The molecular formula is C11H18O. The van der Waals surface area contributed by atoms with E-state index >= 15 is 0 Å². The lowest BCUT2D eigenvalue weighted by Crippen LogP contribution is -2.35. The van der Waals surface area contributed by atoms with Crippen molar-refractivity contribution < 1.29 is 4.79 Å². The minimum Gasteiger partial charge on any atom is -0.299 e. The van der Waals surface area contributed by atoms with Gasteiger partial charge in [-0.3, -0.25) is 4.79 Å². The zero-order chi connectivity index (χ0) is 9.20. The zero-order valence-corrected chi connectivity index (χ0v) is 8.53. The molecule has 2 saturated carbocycles. The minimum atomic E-state index is 0.0260. The summed E-state index contributed by atoms with van der Waals surface area (Å²) in [6.45, 7) is 9.05. The minimum absolute atomic E-state index is 0.0260. The summed E-state index contributed by atoms with van der Waals surface area (Å²) in [5.41, 5.74) is 0.687. The Morgan fingerprint density at radius 2 is 1.67 bits per heavy atom. The van der Waals surface area contributed by atoms with Crippen molar-refractivity contribution in [1.29, 1.82) is 0 Å². The summed E-state index contributed by atoms with van der Waals surface area (Å²) in [5.74, 6) is 0.504. The second-order valence-electron chi connectivity index (χ2n) is 5.96. The van der Waals surface area contributed by atoms with Crippen LogP contribution in [0.25, 0.3) is 0 Å². The van der Waals surface area contributed by atoms with Gasteiger partial charge in [0.05, 0.1) is 0 Å². The maximum absolute atomic E-state index is 11.7. The summed E-state index contributed by atoms with van der Waals surface area (Å²) >= 11 is 0. The van der Waals surface area contributed by atoms with Crippen LogP contribution >= 0.6 is 0 Å². The maximum atomic E-state index is 11.7. The van der Waals surface area contributed by atoms with E-state index in [1.54, 1.807) is 0 Å². The van der Waals surface area contributed by atoms with E-state index in [9.17, 15) is 4.79 Å². The number of hydrogen-bond donors (Lipinski definition) is 0. The molecule has 0 radical (unpaired) electrons. The normalized spacial score (nSPS) is 50.2. The van der Waals surface area contributed by atoms with Gasteiger partial charge in [0, 0.05) is 11.8 Å². The molecule has 0 spiro atoms. The molecule has 12 heavy (non-hydrogen) atoms. The van der Waals surface area contributed by atoms with E-state index in [0.29, 0.717) is 16.6 Å². The summed E-state index contributed by atoms with van der Waals surface area (Å²) in [4.78, 5) is 11.7. The van der Waals surface area contributed by atoms with Crippen molar-refractivity contribution in [2.45, 2.75) is 47.0 Å². The number of fused-ring (bicyclic) bond motifs is 2. The fraction of sp³-hybridized carbons (Fsp3) is 0.909. The van der Waals surface area contributed by atoms with Gasteiger partial charge in [-0.15, -0.1) is 0 Å². The molecule has 0 amide bonds. The molecule has 1 nitrogen and oxygen atoms in total. The van der Waals surface area contributed by atoms with E-state index in [2.05, 4.69) is 27.7 Å². The van der Waals surface area contributed by atoms with Gasteiger partial charge in [-0.05, 0) is 23.7 Å². The number of Topliss-reactive ketones (excluding diaryl/α,β-unsaturated/α-hetero) is 1. The van der Waals surface area contributed by atoms with Gasteiger partial charge < -0.3 is 0 Å². The summed E-state index contributed by atoms with van der Waals surface area (Å²) in [7, 11) is 0. The Kier molecular flexibility index (Phi) is 1.23. The number of ketones is 1. The smallest absolute Gasteiger partial charge is 0.139 e. The zero-order valence-electron chi connectivity index (χ0n) is 8.53. The number of rotatable bonds is 0. The molecule has 0 aromatic carbocycles. The van der Waals surface area contributed by atoms with E-state index in [4.69, 9.17) is 0 Å². The lowest BCUT2D eigenvalue weighted by molar-refractivity contribution is -0.129. The summed E-state index contributed by atoms with van der Waals surface area (Å²) in [5, 5.41) is 0. The third-order valence-corrected chi connectivity index (χ3v) is 4.47. The molecule has 2 rings (SSSR count). The standard InChI is InChI=1S/C11H18O/c1-9(2)6-10(3)7-11(9,4)5-8(10)12/h5-7H2,1-4H3. The second-order valence-corrected chi connectivity index (χ2v) is 5.96. The van der Waals surface area contributed by atoms with E-state index in [-0.39, 0.29) is 5.41 Å². The number of hydrogen-bond acceptors (Lipinski definition) is 1. The van der Waals surface area contributed by atoms with Crippen molar-refractivity contribution in [2.75, 3.05) is 0 Å². The van der Waals surface area contributed by atoms with E-state index in [1.165, 1.54) is 0 Å². The van der Waals surface area contributed by atoms with E-state index in [1.807, 2.05) is 0 Å². The monoisotopic (exact) mass is 166 g/mol. The van der Waals surface area contributed by atoms with Gasteiger partial charge in [0.1, 0.15) is 5.78 Å². The molecule has 2 bridgehead atoms. The van der Waals surface area contributed by atoms with Crippen LogP contribution in [0.4, 0.5) is 0 Å². The maximum Gasteiger partial charge on any atom is 0.139 e. The van der Waals surface area contributed by atoms with Crippen LogP contribution in [0.5, 0.6) is 0 Å². The highest BCUT2D eigenvalue weighted by molar-refractivity contribution is 5.89. The Hall–Kier alpha value is -0.330. The summed E-state index contributed by atoms with van der Waals surface area (Å²) < 4.78 is 0. The van der Waals surface area contributed by atoms with Crippen LogP contribution in [0.2, 0.25) is 0 Å². The van der Waals surface area contributed by atoms with Gasteiger partial charge >= 0.3 is 0 Å². The molecule has 0 aliphatic heterocycles. The third-order valence-electron chi connectivity index (χ3n) is 4.47. The average molecular weight is 166 g/mol. The first-order chi connectivity index (χ1) is 5.29. The van der Waals surface area contributed by atoms with Crippen molar-refractivity contribution in [2.24, 2.45) is 16.2 Å². The fourth-order valence-corrected chi connectivity index (χ4v) is 3.42. The largest absolute Gasteiger partial charge is 0.299 e. The Bertz CT molecular complexity index is 250. The van der Waals surface area contributed by atoms with Crippen LogP contribution in [-0.4, -0.2) is 5.78 Å². The summed E-state index contributed by atoms with van der Waals surface area (Å²) in [6, 6.07) is 0. The second kappa shape index (κ2) is 1.78. The Morgan fingerprint density at radius 1 is 1.08 bits per heavy atom. The van der Waals surface area contributed by atoms with Crippen LogP contribution in [0.3, 0.4) is 0 Å². The van der Waals surface area contributed by atoms with Gasteiger partial charge in [-0.1, -0.05) is 27.7 Å². The summed E-state index contributed by atoms with van der Waals surface area (Å²) in [6.07, 6.45) is 3.03. The fourth-order valence-electron chi connectivity index (χ4n) is 3.42.